The Hall–Kier alpha value is -0.870. The molecular formula is C14H23N3O. The molecule has 0 N–H and O–H groups in total. The Morgan fingerprint density at radius 2 is 1.94 bits per heavy atom. The summed E-state index contributed by atoms with van der Waals surface area (Å²) in [6.07, 6.45) is 1.18. The molecule has 0 aromatic carbocycles. The molecule has 0 amide bonds. The molecule has 2 atom stereocenters. The number of rotatable bonds is 1. The Labute approximate surface area is 109 Å². The van der Waals surface area contributed by atoms with E-state index in [4.69, 9.17) is 9.73 Å². The molecule has 100 valence electrons. The fourth-order valence-corrected chi connectivity index (χ4v) is 3.30. The van der Waals surface area contributed by atoms with Gasteiger partial charge < -0.3 is 9.64 Å². The first-order valence-electron chi connectivity index (χ1n) is 7.00. The van der Waals surface area contributed by atoms with Crippen LogP contribution < -0.4 is 0 Å². The molecule has 0 spiro atoms. The Bertz CT molecular complexity index is 396. The van der Waals surface area contributed by atoms with Crippen LogP contribution in [0.25, 0.3) is 0 Å². The zero-order valence-corrected chi connectivity index (χ0v) is 11.6. The Balaban J connectivity index is 1.78. The van der Waals surface area contributed by atoms with Gasteiger partial charge in [0.15, 0.2) is 0 Å². The summed E-state index contributed by atoms with van der Waals surface area (Å²) in [5, 5.41) is 0. The topological polar surface area (TPSA) is 28.1 Å². The third-order valence-corrected chi connectivity index (χ3v) is 4.56. The van der Waals surface area contributed by atoms with Crippen molar-refractivity contribution in [2.75, 3.05) is 32.8 Å². The molecule has 0 unspecified atom stereocenters. The molecular weight excluding hydrogens is 226 g/mol. The highest BCUT2D eigenvalue weighted by atomic mass is 16.5. The van der Waals surface area contributed by atoms with E-state index in [0.717, 1.165) is 32.8 Å². The third kappa shape index (κ3) is 1.97. The van der Waals surface area contributed by atoms with Crippen LogP contribution in [-0.4, -0.2) is 60.6 Å². The van der Waals surface area contributed by atoms with Crippen molar-refractivity contribution in [1.29, 1.82) is 0 Å². The number of nitrogens with zero attached hydrogens (tertiary/aromatic N) is 3. The maximum absolute atomic E-state index is 5.45. The molecule has 4 heteroatoms. The van der Waals surface area contributed by atoms with Crippen LogP contribution >= 0.6 is 0 Å². The van der Waals surface area contributed by atoms with Crippen molar-refractivity contribution >= 4 is 5.84 Å². The van der Waals surface area contributed by atoms with Gasteiger partial charge >= 0.3 is 0 Å². The number of aliphatic imine (C=N–C) groups is 1. The summed E-state index contributed by atoms with van der Waals surface area (Å²) in [6, 6.07) is 1.01. The van der Waals surface area contributed by atoms with Gasteiger partial charge in [-0.15, -0.1) is 0 Å². The second kappa shape index (κ2) is 4.67. The maximum Gasteiger partial charge on any atom is 0.101 e. The molecule has 3 aliphatic rings. The van der Waals surface area contributed by atoms with E-state index in [1.165, 1.54) is 23.5 Å². The highest BCUT2D eigenvalue weighted by Crippen LogP contribution is 2.33. The molecule has 3 heterocycles. The Kier molecular flexibility index (Phi) is 3.16. The summed E-state index contributed by atoms with van der Waals surface area (Å²) in [6.45, 7) is 11.6. The Morgan fingerprint density at radius 1 is 1.22 bits per heavy atom. The molecule has 3 rings (SSSR count). The van der Waals surface area contributed by atoms with Crippen LogP contribution in [0.5, 0.6) is 0 Å². The lowest BCUT2D eigenvalue weighted by atomic mass is 10.0. The minimum Gasteiger partial charge on any atom is -0.379 e. The first-order chi connectivity index (χ1) is 8.66. The van der Waals surface area contributed by atoms with E-state index < -0.39 is 0 Å². The standard InChI is InChI=1S/C14H23N3O/c1-10-11(2)15-12(3)17-9-13(8-14(10)17)16-4-6-18-7-5-16/h11,13H,4-9H2,1-3H3/t11-,13-/m0/s1. The van der Waals surface area contributed by atoms with Crippen molar-refractivity contribution in [3.63, 3.8) is 0 Å². The smallest absolute Gasteiger partial charge is 0.101 e. The number of amidine groups is 1. The second-order valence-corrected chi connectivity index (χ2v) is 5.60. The highest BCUT2D eigenvalue weighted by Gasteiger charge is 2.36. The first kappa shape index (κ1) is 12.2. The normalized spacial score (nSPS) is 33.7. The monoisotopic (exact) mass is 249 g/mol. The van der Waals surface area contributed by atoms with Crippen molar-refractivity contribution in [1.82, 2.24) is 9.80 Å². The number of hydrogen-bond acceptors (Lipinski definition) is 4. The molecule has 0 saturated carbocycles. The molecule has 0 aromatic rings. The molecule has 0 aliphatic carbocycles. The SMILES string of the molecule is CC1=N[C@@H](C)C(C)=C2C[C@H](N3CCOCC3)CN12. The number of hydrogen-bond donors (Lipinski definition) is 0. The van der Waals surface area contributed by atoms with Crippen molar-refractivity contribution in [3.8, 4) is 0 Å². The van der Waals surface area contributed by atoms with E-state index in [1.807, 2.05) is 0 Å². The Morgan fingerprint density at radius 3 is 2.67 bits per heavy atom. The molecule has 3 aliphatic heterocycles. The van der Waals surface area contributed by atoms with Gasteiger partial charge in [-0.3, -0.25) is 9.89 Å². The lowest BCUT2D eigenvalue weighted by molar-refractivity contribution is 0.0196. The molecule has 2 saturated heterocycles. The zero-order chi connectivity index (χ0) is 12.7. The van der Waals surface area contributed by atoms with Crippen LogP contribution in [0, 0.1) is 0 Å². The lowest BCUT2D eigenvalue weighted by Gasteiger charge is -2.32. The number of ether oxygens (including phenoxy) is 1. The van der Waals surface area contributed by atoms with E-state index >= 15 is 0 Å². The quantitative estimate of drug-likeness (QED) is 0.705. The van der Waals surface area contributed by atoms with Crippen LogP contribution in [0.3, 0.4) is 0 Å². The predicted octanol–water partition coefficient (Wildman–Crippen LogP) is 1.49. The van der Waals surface area contributed by atoms with Gasteiger partial charge in [0.25, 0.3) is 0 Å². The predicted molar refractivity (Wildman–Crippen MR) is 72.8 cm³/mol. The maximum atomic E-state index is 5.45. The molecule has 0 aromatic heterocycles. The van der Waals surface area contributed by atoms with Crippen LogP contribution in [0.2, 0.25) is 0 Å². The van der Waals surface area contributed by atoms with E-state index in [0.29, 0.717) is 12.1 Å². The van der Waals surface area contributed by atoms with Crippen LogP contribution in [0.1, 0.15) is 27.2 Å². The van der Waals surface area contributed by atoms with Gasteiger partial charge in [0.05, 0.1) is 19.3 Å². The fourth-order valence-electron chi connectivity index (χ4n) is 3.30. The van der Waals surface area contributed by atoms with Gasteiger partial charge in [-0.2, -0.15) is 0 Å². The highest BCUT2D eigenvalue weighted by molar-refractivity contribution is 5.83. The van der Waals surface area contributed by atoms with Gasteiger partial charge in [-0.25, -0.2) is 0 Å². The van der Waals surface area contributed by atoms with Gasteiger partial charge in [0.1, 0.15) is 5.84 Å². The summed E-state index contributed by atoms with van der Waals surface area (Å²) in [7, 11) is 0. The van der Waals surface area contributed by atoms with Crippen molar-refractivity contribution in [2.24, 2.45) is 4.99 Å². The van der Waals surface area contributed by atoms with Crippen LogP contribution in [0.15, 0.2) is 16.3 Å². The summed E-state index contributed by atoms with van der Waals surface area (Å²) in [4.78, 5) is 9.74. The van der Waals surface area contributed by atoms with Crippen LogP contribution in [-0.2, 0) is 4.74 Å². The summed E-state index contributed by atoms with van der Waals surface area (Å²) in [5.74, 6) is 1.19. The van der Waals surface area contributed by atoms with E-state index in [9.17, 15) is 0 Å². The zero-order valence-electron chi connectivity index (χ0n) is 11.6. The molecule has 4 nitrogen and oxygen atoms in total. The molecule has 0 bridgehead atoms. The largest absolute Gasteiger partial charge is 0.379 e. The molecule has 2 fully saturated rings. The summed E-state index contributed by atoms with van der Waals surface area (Å²) >= 11 is 0. The minimum atomic E-state index is 0.361. The van der Waals surface area contributed by atoms with Gasteiger partial charge in [0, 0.05) is 37.8 Å². The summed E-state index contributed by atoms with van der Waals surface area (Å²) < 4.78 is 5.45. The summed E-state index contributed by atoms with van der Waals surface area (Å²) in [5.41, 5.74) is 2.97. The third-order valence-electron chi connectivity index (χ3n) is 4.56. The van der Waals surface area contributed by atoms with Crippen molar-refractivity contribution in [3.05, 3.63) is 11.3 Å². The van der Waals surface area contributed by atoms with E-state index in [2.05, 4.69) is 30.6 Å². The average Bonchev–Trinajstić information content (AvgIpc) is 2.83. The molecule has 0 radical (unpaired) electrons. The van der Waals surface area contributed by atoms with Gasteiger partial charge in [-0.1, -0.05) is 0 Å². The fraction of sp³-hybridized carbons (Fsp3) is 0.786. The van der Waals surface area contributed by atoms with Crippen molar-refractivity contribution < 1.29 is 4.74 Å². The average molecular weight is 249 g/mol. The van der Waals surface area contributed by atoms with Gasteiger partial charge in [0.2, 0.25) is 0 Å². The van der Waals surface area contributed by atoms with Crippen LogP contribution in [0.4, 0.5) is 0 Å². The molecule has 18 heavy (non-hydrogen) atoms. The lowest BCUT2D eigenvalue weighted by Crippen LogP contribution is -2.45. The first-order valence-corrected chi connectivity index (χ1v) is 7.00. The van der Waals surface area contributed by atoms with Gasteiger partial charge in [-0.05, 0) is 26.3 Å². The van der Waals surface area contributed by atoms with Crippen molar-refractivity contribution in [2.45, 2.75) is 39.3 Å². The van der Waals surface area contributed by atoms with E-state index in [-0.39, 0.29) is 0 Å². The minimum absolute atomic E-state index is 0.361. The number of fused-ring (bicyclic) bond motifs is 1. The number of morpholine rings is 1. The second-order valence-electron chi connectivity index (χ2n) is 5.60. The van der Waals surface area contributed by atoms with E-state index in [1.54, 1.807) is 0 Å².